The van der Waals surface area contributed by atoms with Gasteiger partial charge in [-0.05, 0) is 41.8 Å². The fraction of sp³-hybridized carbons (Fsp3) is 0.263. The second-order valence-electron chi connectivity index (χ2n) is 6.65. The zero-order valence-electron chi connectivity index (χ0n) is 14.2. The van der Waals surface area contributed by atoms with E-state index in [1.165, 1.54) is 12.3 Å². The maximum atomic E-state index is 13.8. The third-order valence-electron chi connectivity index (χ3n) is 4.93. The molecule has 3 N–H and O–H groups in total. The summed E-state index contributed by atoms with van der Waals surface area (Å²) in [6, 6.07) is 8.20. The zero-order chi connectivity index (χ0) is 19.2. The van der Waals surface area contributed by atoms with Crippen LogP contribution in [0.1, 0.15) is 33.9 Å². The number of nitrogens with two attached hydrogens (primary N) is 1. The van der Waals surface area contributed by atoms with Crippen molar-refractivity contribution in [2.45, 2.75) is 30.8 Å². The first-order chi connectivity index (χ1) is 12.9. The lowest BCUT2D eigenvalue weighted by Crippen LogP contribution is -2.30. The van der Waals surface area contributed by atoms with Crippen LogP contribution < -0.4 is 5.73 Å². The molecule has 138 valence electrons. The maximum absolute atomic E-state index is 13.8. The minimum absolute atomic E-state index is 0.0170. The number of rotatable bonds is 6. The van der Waals surface area contributed by atoms with Gasteiger partial charge in [-0.2, -0.15) is 0 Å². The summed E-state index contributed by atoms with van der Waals surface area (Å²) in [4.78, 5) is 30.8. The molecule has 3 aromatic rings. The summed E-state index contributed by atoms with van der Waals surface area (Å²) >= 11 is 0. The molecule has 2 atom stereocenters. The summed E-state index contributed by atoms with van der Waals surface area (Å²) in [5.74, 6) is -1.29. The van der Waals surface area contributed by atoms with Gasteiger partial charge in [0, 0.05) is 19.0 Å². The first-order valence-electron chi connectivity index (χ1n) is 8.42. The molecule has 2 aromatic heterocycles. The Bertz CT molecular complexity index is 1060. The second-order valence-corrected chi connectivity index (χ2v) is 6.65. The van der Waals surface area contributed by atoms with Gasteiger partial charge in [0.2, 0.25) is 5.91 Å². The van der Waals surface area contributed by atoms with Crippen LogP contribution in [0.25, 0.3) is 11.1 Å². The highest BCUT2D eigenvalue weighted by atomic mass is 19.1. The summed E-state index contributed by atoms with van der Waals surface area (Å²) in [6.45, 7) is 0. The number of carboxylic acids is 1. The van der Waals surface area contributed by atoms with Crippen molar-refractivity contribution >= 4 is 23.0 Å². The first kappa shape index (κ1) is 17.1. The van der Waals surface area contributed by atoms with E-state index in [0.717, 1.165) is 5.56 Å². The van der Waals surface area contributed by atoms with Crippen LogP contribution in [0.4, 0.5) is 4.39 Å². The van der Waals surface area contributed by atoms with Crippen molar-refractivity contribution in [1.82, 2.24) is 9.97 Å². The predicted molar refractivity (Wildman–Crippen MR) is 93.0 cm³/mol. The Hall–Kier alpha value is -3.29. The van der Waals surface area contributed by atoms with Crippen molar-refractivity contribution in [2.24, 2.45) is 5.73 Å². The Morgan fingerprint density at radius 1 is 1.30 bits per heavy atom. The number of hydrogen-bond donors (Lipinski definition) is 2. The molecular formula is C19H16FN3O4. The van der Waals surface area contributed by atoms with Gasteiger partial charge in [0.1, 0.15) is 22.8 Å². The molecular weight excluding hydrogens is 353 g/mol. The molecule has 0 aliphatic heterocycles. The number of carbonyl (C=O) groups excluding carboxylic acids is 1. The van der Waals surface area contributed by atoms with Crippen molar-refractivity contribution in [1.29, 1.82) is 0 Å². The number of hydrogen-bond acceptors (Lipinski definition) is 5. The number of oxazole rings is 1. The Labute approximate surface area is 153 Å². The van der Waals surface area contributed by atoms with Gasteiger partial charge in [0.15, 0.2) is 11.5 Å². The molecule has 1 aliphatic rings. The van der Waals surface area contributed by atoms with Gasteiger partial charge in [-0.25, -0.2) is 19.2 Å². The van der Waals surface area contributed by atoms with E-state index < -0.39 is 23.5 Å². The number of pyridine rings is 1. The van der Waals surface area contributed by atoms with Gasteiger partial charge < -0.3 is 15.3 Å². The smallest absolute Gasteiger partial charge is 0.354 e. The highest BCUT2D eigenvalue weighted by Gasteiger charge is 2.61. The maximum Gasteiger partial charge on any atom is 0.354 e. The fourth-order valence-corrected chi connectivity index (χ4v) is 3.27. The van der Waals surface area contributed by atoms with Crippen LogP contribution >= 0.6 is 0 Å². The number of carboxylic acid groups (broad SMARTS) is 1. The van der Waals surface area contributed by atoms with Crippen molar-refractivity contribution < 1.29 is 23.5 Å². The van der Waals surface area contributed by atoms with E-state index >= 15 is 0 Å². The van der Waals surface area contributed by atoms with Crippen LogP contribution in [0, 0.1) is 0 Å². The number of primary amides is 1. The molecule has 1 amide bonds. The van der Waals surface area contributed by atoms with Gasteiger partial charge >= 0.3 is 5.97 Å². The lowest BCUT2D eigenvalue weighted by molar-refractivity contribution is -0.120. The Morgan fingerprint density at radius 3 is 2.74 bits per heavy atom. The van der Waals surface area contributed by atoms with Gasteiger partial charge in [-0.15, -0.1) is 0 Å². The van der Waals surface area contributed by atoms with Gasteiger partial charge in [0.25, 0.3) is 0 Å². The fourth-order valence-electron chi connectivity index (χ4n) is 3.27. The standard InChI is InChI=1S/C19H16FN3O4/c20-15-9-19(15,18(21)26)11-2-3-12-14(8-11)27-16(23-12)4-1-10-5-6-22-13(7-10)17(24)25/h2-3,5-8,15H,1,4,9H2,(H2,21,26)(H,24,25)/t15-,19+/m0/s1. The number of aryl methyl sites for hydroxylation is 2. The lowest BCUT2D eigenvalue weighted by Gasteiger charge is -2.10. The number of aromatic nitrogens is 2. The monoisotopic (exact) mass is 369 g/mol. The number of aromatic carboxylic acids is 1. The van der Waals surface area contributed by atoms with Crippen LogP contribution in [-0.2, 0) is 23.1 Å². The number of carbonyl (C=O) groups is 2. The first-order valence-corrected chi connectivity index (χ1v) is 8.42. The largest absolute Gasteiger partial charge is 0.477 e. The Balaban J connectivity index is 1.55. The van der Waals surface area contributed by atoms with Crippen LogP contribution in [0.15, 0.2) is 40.9 Å². The molecule has 7 nitrogen and oxygen atoms in total. The van der Waals surface area contributed by atoms with Gasteiger partial charge in [-0.3, -0.25) is 4.79 Å². The average molecular weight is 369 g/mol. The van der Waals surface area contributed by atoms with Gasteiger partial charge in [0.05, 0.1) is 0 Å². The average Bonchev–Trinajstić information content (AvgIpc) is 3.17. The van der Waals surface area contributed by atoms with Crippen LogP contribution in [0.5, 0.6) is 0 Å². The molecule has 0 unspecified atom stereocenters. The molecule has 1 aliphatic carbocycles. The minimum atomic E-state index is -1.27. The molecule has 0 bridgehead atoms. The highest BCUT2D eigenvalue weighted by Crippen LogP contribution is 2.51. The van der Waals surface area contributed by atoms with Crippen molar-refractivity contribution in [3.05, 3.63) is 59.2 Å². The summed E-state index contributed by atoms with van der Waals surface area (Å²) in [5.41, 5.74) is 6.47. The molecule has 4 rings (SSSR count). The van der Waals surface area contributed by atoms with Crippen LogP contribution in [0.2, 0.25) is 0 Å². The summed E-state index contributed by atoms with van der Waals surface area (Å²) in [7, 11) is 0. The van der Waals surface area contributed by atoms with Crippen molar-refractivity contribution in [3.63, 3.8) is 0 Å². The number of amides is 1. The number of nitrogens with zero attached hydrogens (tertiary/aromatic N) is 2. The number of halogens is 1. The normalized spacial score (nSPS) is 21.3. The number of benzene rings is 1. The molecule has 0 spiro atoms. The third kappa shape index (κ3) is 2.92. The molecule has 1 saturated carbocycles. The molecule has 2 heterocycles. The Morgan fingerprint density at radius 2 is 2.07 bits per heavy atom. The van der Waals surface area contributed by atoms with Crippen molar-refractivity contribution in [3.8, 4) is 0 Å². The van der Waals surface area contributed by atoms with E-state index in [1.807, 2.05) is 0 Å². The predicted octanol–water partition coefficient (Wildman–Crippen LogP) is 2.17. The lowest BCUT2D eigenvalue weighted by atomic mass is 9.95. The number of alkyl halides is 1. The quantitative estimate of drug-likeness (QED) is 0.687. The molecule has 27 heavy (non-hydrogen) atoms. The summed E-state index contributed by atoms with van der Waals surface area (Å²) in [6.07, 6.45) is 1.25. The van der Waals surface area contributed by atoms with E-state index in [1.54, 1.807) is 24.3 Å². The van der Waals surface area contributed by atoms with Crippen LogP contribution in [0.3, 0.4) is 0 Å². The molecule has 8 heteroatoms. The van der Waals surface area contributed by atoms with E-state index in [9.17, 15) is 14.0 Å². The number of fused-ring (bicyclic) bond motifs is 1. The van der Waals surface area contributed by atoms with Crippen molar-refractivity contribution in [2.75, 3.05) is 0 Å². The third-order valence-corrected chi connectivity index (χ3v) is 4.93. The van der Waals surface area contributed by atoms with E-state index in [2.05, 4.69) is 9.97 Å². The van der Waals surface area contributed by atoms with Gasteiger partial charge in [-0.1, -0.05) is 6.07 Å². The molecule has 0 radical (unpaired) electrons. The van der Waals surface area contributed by atoms with Crippen LogP contribution in [-0.4, -0.2) is 33.1 Å². The topological polar surface area (TPSA) is 119 Å². The molecule has 0 saturated heterocycles. The van der Waals surface area contributed by atoms with E-state index in [4.69, 9.17) is 15.3 Å². The van der Waals surface area contributed by atoms with E-state index in [0.29, 0.717) is 35.4 Å². The molecule has 1 fully saturated rings. The SMILES string of the molecule is NC(=O)[C@@]1(c2ccc3nc(CCc4ccnc(C(=O)O)c4)oc3c2)C[C@@H]1F. The summed E-state index contributed by atoms with van der Waals surface area (Å²) in [5, 5.41) is 8.99. The highest BCUT2D eigenvalue weighted by molar-refractivity contribution is 5.92. The zero-order valence-corrected chi connectivity index (χ0v) is 14.2. The second kappa shape index (κ2) is 6.15. The summed E-state index contributed by atoms with van der Waals surface area (Å²) < 4.78 is 19.5. The molecule has 1 aromatic carbocycles. The minimum Gasteiger partial charge on any atom is -0.477 e. The van der Waals surface area contributed by atoms with E-state index in [-0.39, 0.29) is 12.1 Å². The Kier molecular flexibility index (Phi) is 3.91.